The van der Waals surface area contributed by atoms with Crippen LogP contribution < -0.4 is 79.4 Å². The van der Waals surface area contributed by atoms with Crippen molar-refractivity contribution in [1.82, 2.24) is 77.8 Å². The summed E-state index contributed by atoms with van der Waals surface area (Å²) in [6, 6.07) is -2.74. The number of amides is 15. The number of nitrogens with two attached hydrogens (primary N) is 2. The first-order chi connectivity index (χ1) is 70.5. The van der Waals surface area contributed by atoms with Crippen molar-refractivity contribution >= 4 is 173 Å². The Morgan fingerprint density at radius 2 is 0.920 bits per heavy atom. The molecule has 830 valence electrons. The molecule has 4 bridgehead atoms. The quantitative estimate of drug-likeness (QED) is 0.0280. The largest absolute Gasteiger partial charge is 0.497 e. The van der Waals surface area contributed by atoms with Gasteiger partial charge in [0.2, 0.25) is 82.7 Å². The van der Waals surface area contributed by atoms with Crippen molar-refractivity contribution in [3.05, 3.63) is 47.5 Å². The Hall–Kier alpha value is -12.5. The number of halogens is 1. The Bertz CT molecular complexity index is 5710. The van der Waals surface area contributed by atoms with Gasteiger partial charge in [0.15, 0.2) is 23.1 Å². The summed E-state index contributed by atoms with van der Waals surface area (Å²) in [6.07, 6.45) is -12.0. The third kappa shape index (κ3) is 34.0. The average Bonchev–Trinajstić information content (AvgIpc) is 1.59. The molecule has 6 aliphatic heterocycles. The van der Waals surface area contributed by atoms with E-state index in [2.05, 4.69) is 63.5 Å². The van der Waals surface area contributed by atoms with Crippen molar-refractivity contribution in [2.45, 2.75) is 267 Å². The molecule has 2 aromatic heterocycles. The van der Waals surface area contributed by atoms with E-state index in [1.54, 1.807) is 84.9 Å². The van der Waals surface area contributed by atoms with Crippen molar-refractivity contribution in [2.24, 2.45) is 58.8 Å². The van der Waals surface area contributed by atoms with Crippen LogP contribution in [0.1, 0.15) is 165 Å². The highest BCUT2D eigenvalue weighted by molar-refractivity contribution is 7.85. The molecule has 22 N–H and O–H groups in total. The molecular weight excluding hydrogens is 2030 g/mol. The zero-order valence-electron chi connectivity index (χ0n) is 86.4. The van der Waals surface area contributed by atoms with Gasteiger partial charge in [-0.25, -0.2) is 4.79 Å². The van der Waals surface area contributed by atoms with Crippen LogP contribution in [0, 0.1) is 47.3 Å². The second-order valence-corrected chi connectivity index (χ2v) is 43.5. The summed E-state index contributed by atoms with van der Waals surface area (Å²) in [5, 5.41) is 91.7. The number of nitrogens with zero attached hydrogens (tertiary/aromatic N) is 3. The van der Waals surface area contributed by atoms with Gasteiger partial charge < -0.3 is 139 Å². The first kappa shape index (κ1) is 123. The van der Waals surface area contributed by atoms with E-state index in [4.69, 9.17) is 42.0 Å². The number of Topliss-reactive ketones (excluding diaryl/α,β-unsaturated/α-hetero) is 4. The molecule has 22 atom stereocenters. The standard InChI is InChI=1S/C49H70N8O16S.C42H58N8O14S.C7H14ClNO2/c1-8-24(2)42-46(69)52-19-39(64)53-32-23-74(71)48-31(30-10-9-29(72-7)18-33(30)56(48)12-11-41(66)73-49(4,5)6)13-26(44(67)51-20-40(65)54-42)14-36(61)43(25(3)37(62)22-58)55-45(68)34-17-28(59)21-57(34)47(70)27(15-35(32)60)16-38(50)63;1-5-19(2)36-40(61)45-14-34(57)46-28-18-65(63)41-26(25-7-6-24(64-4)13-27(25)47-41)8-21(38(59)44-15-35(58)48-36)9-31(54)37(20(3)32(55)17-51)49-39(60)29-12-23(52)16-50(29)42(62)22(10-30(28)53)11-33(43)56;1-7(2,3)11-6(10)9-5-4-8/h9-10,18,24-28,32,34,37,42-43,58-59,62H,8,11-17,19-23H2,1-7H3,(H2,50,63)(H,51,67)(H,52,69)(H,53,64)(H,54,65)(H,55,68);6-7,13,19-23,28-29,32,36-37,47,51-52,55H,5,8-12,14-18H2,1-4H3,(H2,43,56)(H,44,59)(H,45,61)(H,46,57)(H,48,58)(H,49,60);4-5H2,1-3H3,(H,9,10)/t24-,25-,26?,27-,28?,32?,34-,37-,42-,43-,74+;19-,20-,21?,22-,23?,28?,29-,32-,36-,37-,65+;/m00./s1. The van der Waals surface area contributed by atoms with Crippen LogP contribution in [-0.2, 0) is 142 Å². The number of hydrogen-bond acceptors (Lipinski definition) is 32. The maximum atomic E-state index is 15.5. The number of carbonyl (C=O) groups excluding carboxylic acids is 20. The molecular formula is C98H142ClN17O32S2. The van der Waals surface area contributed by atoms with Crippen LogP contribution in [0.2, 0.25) is 0 Å². The van der Waals surface area contributed by atoms with E-state index in [9.17, 15) is 131 Å². The predicted octanol–water partition coefficient (Wildman–Crippen LogP) is -3.92. The lowest BCUT2D eigenvalue weighted by Gasteiger charge is -2.32. The number of esters is 1. The van der Waals surface area contributed by atoms with Crippen molar-refractivity contribution in [2.75, 3.05) is 90.6 Å². The molecule has 52 heteroatoms. The van der Waals surface area contributed by atoms with Crippen molar-refractivity contribution in [1.29, 1.82) is 0 Å². The number of hydrogen-bond donors (Lipinski definition) is 20. The molecule has 0 spiro atoms. The minimum absolute atomic E-state index is 0.0391. The van der Waals surface area contributed by atoms with Gasteiger partial charge in [0.05, 0.1) is 165 Å². The number of alkyl halides is 1. The summed E-state index contributed by atoms with van der Waals surface area (Å²) in [5.41, 5.74) is 10.8. The third-order valence-electron chi connectivity index (χ3n) is 26.6. The molecule has 0 aliphatic carbocycles. The zero-order valence-corrected chi connectivity index (χ0v) is 88.8. The lowest BCUT2D eigenvalue weighted by atomic mass is 9.85. The molecule has 10 rings (SSSR count). The number of nitrogens with one attached hydrogen (secondary N) is 12. The predicted molar refractivity (Wildman–Crippen MR) is 538 cm³/mol. The van der Waals surface area contributed by atoms with Crippen molar-refractivity contribution in [3.63, 3.8) is 0 Å². The molecule has 15 amide bonds. The first-order valence-corrected chi connectivity index (χ1v) is 52.7. The van der Waals surface area contributed by atoms with Gasteiger partial charge in [0.1, 0.15) is 56.9 Å². The molecule has 0 radical (unpaired) electrons. The Labute approximate surface area is 875 Å². The maximum Gasteiger partial charge on any atom is 0.407 e. The number of H-pyrrole nitrogens is 1. The summed E-state index contributed by atoms with van der Waals surface area (Å²) >= 11 is 5.35. The van der Waals surface area contributed by atoms with Gasteiger partial charge in [0, 0.05) is 130 Å². The lowest BCUT2D eigenvalue weighted by molar-refractivity contribution is -0.155. The zero-order chi connectivity index (χ0) is 112. The van der Waals surface area contributed by atoms with Crippen molar-refractivity contribution in [3.8, 4) is 11.5 Å². The highest BCUT2D eigenvalue weighted by Gasteiger charge is 2.49. The summed E-state index contributed by atoms with van der Waals surface area (Å²) in [6.45, 7) is 14.6. The number of alkyl carbamates (subject to hydrolysis) is 1. The molecule has 4 aromatic rings. The molecule has 0 saturated carbocycles. The summed E-state index contributed by atoms with van der Waals surface area (Å²) in [7, 11) is -1.92. The molecule has 2 aromatic carbocycles. The SMILES string of the molecule is CC(C)(C)OC(=O)NCCCl.CC[C@H](C)[C@@H]1NC(=O)CNC(=O)C2CC(=O)[C@H]([C@@H](C)[C@@H](O)CO)NC(=O)[C@@H]3CC(O)CN3C(=O)[C@H](CC(N)=O)CC(=O)C(C[S@@](=O)c3[nH]c4cc(OC)ccc4c3C2)NC(=O)CNC1=O.CC[C@H](C)[C@@H]1NC(=O)CNC(=O)C2CC(=O)[C@H]([C@@H](C)[C@@H](O)CO)NC(=O)[C@@H]3CC(O)CN3C(=O)[C@H](CC(N)=O)CC(=O)C(C[S@@](=O)c3c(c4ccc(OC)cc4n3CCC(=O)OC(C)(C)C)C2)NC(=O)CNC1=O. The fourth-order valence-electron chi connectivity index (χ4n) is 18.3. The number of rotatable bonds is 21. The van der Waals surface area contributed by atoms with E-state index in [1.165, 1.54) is 32.6 Å². The lowest BCUT2D eigenvalue weighted by Crippen LogP contribution is -2.56. The number of aliphatic hydroxyl groups excluding tert-OH is 6. The molecule has 6 aliphatic rings. The second-order valence-electron chi connectivity index (χ2n) is 40.3. The number of aliphatic hydroxyl groups is 6. The first-order valence-electron chi connectivity index (χ1n) is 49.5. The number of ether oxygens (including phenoxy) is 4. The number of ketones is 4. The Balaban J connectivity index is 0.000000333. The van der Waals surface area contributed by atoms with Gasteiger partial charge in [-0.3, -0.25) is 99.5 Å². The van der Waals surface area contributed by atoms with Crippen LogP contribution >= 0.6 is 11.6 Å². The van der Waals surface area contributed by atoms with Gasteiger partial charge >= 0.3 is 12.1 Å². The number of carbonyl (C=O) groups is 20. The minimum atomic E-state index is -2.45. The fraction of sp³-hybridized carbons (Fsp3) is 0.633. The van der Waals surface area contributed by atoms with Gasteiger partial charge in [-0.05, 0) is 102 Å². The van der Waals surface area contributed by atoms with E-state index >= 15 is 4.21 Å². The molecule has 2 fully saturated rings. The Morgan fingerprint density at radius 1 is 0.513 bits per heavy atom. The van der Waals surface area contributed by atoms with E-state index < -0.39 is 380 Å². The Morgan fingerprint density at radius 3 is 1.33 bits per heavy atom. The van der Waals surface area contributed by atoms with E-state index in [1.807, 2.05) is 20.8 Å². The summed E-state index contributed by atoms with van der Waals surface area (Å²) in [4.78, 5) is 281. The molecule has 8 heterocycles. The monoisotopic (exact) mass is 2170 g/mol. The van der Waals surface area contributed by atoms with Crippen LogP contribution in [-0.4, -0.2) is 351 Å². The van der Waals surface area contributed by atoms with Crippen LogP contribution in [0.3, 0.4) is 0 Å². The number of fused-ring (bicyclic) bond motifs is 10. The normalized spacial score (nSPS) is 26.2. The smallest absolute Gasteiger partial charge is 0.407 e. The van der Waals surface area contributed by atoms with Gasteiger partial charge in [0.25, 0.3) is 0 Å². The van der Waals surface area contributed by atoms with Crippen molar-refractivity contribution < 1.29 is 154 Å². The van der Waals surface area contributed by atoms with E-state index in [-0.39, 0.29) is 53.4 Å². The maximum absolute atomic E-state index is 15.5. The summed E-state index contributed by atoms with van der Waals surface area (Å²) in [5.74, 6) is -27.1. The minimum Gasteiger partial charge on any atom is -0.497 e. The summed E-state index contributed by atoms with van der Waals surface area (Å²) < 4.78 is 53.2. The van der Waals surface area contributed by atoms with Gasteiger partial charge in [-0.15, -0.1) is 11.6 Å². The van der Waals surface area contributed by atoms with Crippen LogP contribution in [0.4, 0.5) is 4.79 Å². The Kier molecular flexibility index (Phi) is 45.4. The van der Waals surface area contributed by atoms with Crippen LogP contribution in [0.25, 0.3) is 21.8 Å². The molecule has 49 nitrogen and oxygen atoms in total. The van der Waals surface area contributed by atoms with Crippen LogP contribution in [0.5, 0.6) is 11.5 Å². The number of primary amides is 2. The van der Waals surface area contributed by atoms with Gasteiger partial charge in [-0.1, -0.05) is 54.4 Å². The number of benzene rings is 2. The molecule has 2 saturated heterocycles. The van der Waals surface area contributed by atoms with E-state index in [0.29, 0.717) is 58.6 Å². The highest BCUT2D eigenvalue weighted by atomic mass is 35.5. The molecule has 6 unspecified atom stereocenters. The number of methoxy groups -OCH3 is 2. The second kappa shape index (κ2) is 55.5. The average molecular weight is 2170 g/mol. The number of aromatic amines is 1. The highest BCUT2D eigenvalue weighted by Crippen LogP contribution is 2.39. The number of aryl methyl sites for hydroxylation is 1. The van der Waals surface area contributed by atoms with Gasteiger partial charge in [-0.2, -0.15) is 0 Å². The topological polar surface area (TPSA) is 745 Å². The number of aromatic nitrogens is 2. The van der Waals surface area contributed by atoms with Crippen LogP contribution in [0.15, 0.2) is 46.5 Å². The van der Waals surface area contributed by atoms with E-state index in [0.717, 1.165) is 9.80 Å². The fourth-order valence-corrected chi connectivity index (χ4v) is 21.4. The molecule has 150 heavy (non-hydrogen) atoms. The third-order valence-corrected chi connectivity index (χ3v) is 29.8.